The maximum absolute atomic E-state index is 10.8. The molecule has 0 fully saturated rings. The van der Waals surface area contributed by atoms with E-state index >= 15 is 0 Å². The fraction of sp³-hybridized carbons (Fsp3) is 0.192. The van der Waals surface area contributed by atoms with E-state index in [-0.39, 0.29) is 6.42 Å². The molecule has 4 aromatic rings. The van der Waals surface area contributed by atoms with Crippen molar-refractivity contribution in [3.8, 4) is 28.5 Å². The Morgan fingerprint density at radius 2 is 1.81 bits per heavy atom. The quantitative estimate of drug-likeness (QED) is 0.423. The van der Waals surface area contributed by atoms with Crippen LogP contribution in [0.25, 0.3) is 22.7 Å². The number of hydrogen-bond acceptors (Lipinski definition) is 6. The summed E-state index contributed by atoms with van der Waals surface area (Å²) < 4.78 is 11.8. The largest absolute Gasteiger partial charge is 0.550 e. The van der Waals surface area contributed by atoms with Gasteiger partial charge in [-0.3, -0.25) is 4.98 Å². The molecule has 0 aliphatic heterocycles. The molecule has 0 saturated heterocycles. The van der Waals surface area contributed by atoms with E-state index in [0.29, 0.717) is 30.2 Å². The van der Waals surface area contributed by atoms with Crippen molar-refractivity contribution in [3.63, 3.8) is 0 Å². The number of aliphatic carboxylic acids is 1. The number of carboxylic acid groups (broad SMARTS) is 1. The van der Waals surface area contributed by atoms with Gasteiger partial charge in [0.05, 0.1) is 18.0 Å². The van der Waals surface area contributed by atoms with Crippen LogP contribution in [-0.4, -0.2) is 22.5 Å². The molecule has 0 unspecified atom stereocenters. The molecule has 162 valence electrons. The number of carbonyl (C=O) groups is 1. The van der Waals surface area contributed by atoms with E-state index < -0.39 is 5.97 Å². The molecule has 0 saturated carbocycles. The number of pyridine rings is 1. The molecular formula is C26H23N2O4-. The lowest BCUT2D eigenvalue weighted by Crippen LogP contribution is -2.24. The van der Waals surface area contributed by atoms with Gasteiger partial charge in [-0.1, -0.05) is 30.3 Å². The fourth-order valence-electron chi connectivity index (χ4n) is 3.43. The topological polar surface area (TPSA) is 88.3 Å². The standard InChI is InChI=1S/C26H24N2O4/c1-17-6-7-19(16-25(29)30)15-24(17)31-14-12-22-18(2)32-26(28-22)21-10-8-20(9-11-21)23-5-3-4-13-27-23/h3-11,13,15H,12,14,16H2,1-2H3,(H,29,30)/p-1. The fourth-order valence-corrected chi connectivity index (χ4v) is 3.43. The van der Waals surface area contributed by atoms with Gasteiger partial charge in [-0.25, -0.2) is 4.98 Å². The zero-order valence-corrected chi connectivity index (χ0v) is 18.0. The van der Waals surface area contributed by atoms with Crippen LogP contribution in [0, 0.1) is 13.8 Å². The average Bonchev–Trinajstić information content (AvgIpc) is 3.17. The molecule has 0 amide bonds. The molecule has 4 rings (SSSR count). The summed E-state index contributed by atoms with van der Waals surface area (Å²) in [5.74, 6) is 0.867. The van der Waals surface area contributed by atoms with Gasteiger partial charge in [-0.15, -0.1) is 0 Å². The predicted octanol–water partition coefficient (Wildman–Crippen LogP) is 3.93. The van der Waals surface area contributed by atoms with Crippen molar-refractivity contribution >= 4 is 5.97 Å². The Hall–Kier alpha value is -3.93. The summed E-state index contributed by atoms with van der Waals surface area (Å²) in [6, 6.07) is 19.1. The van der Waals surface area contributed by atoms with Crippen LogP contribution in [0.4, 0.5) is 0 Å². The second kappa shape index (κ2) is 9.47. The Labute approximate surface area is 186 Å². The monoisotopic (exact) mass is 427 g/mol. The van der Waals surface area contributed by atoms with E-state index in [2.05, 4.69) is 9.97 Å². The van der Waals surface area contributed by atoms with Crippen LogP contribution in [-0.2, 0) is 17.6 Å². The van der Waals surface area contributed by atoms with Gasteiger partial charge < -0.3 is 19.1 Å². The first-order chi connectivity index (χ1) is 15.5. The number of carboxylic acids is 1. The molecule has 0 aliphatic rings. The molecule has 0 aliphatic carbocycles. The molecular weight excluding hydrogens is 404 g/mol. The summed E-state index contributed by atoms with van der Waals surface area (Å²) in [5.41, 5.74) is 5.27. The number of rotatable bonds is 8. The minimum Gasteiger partial charge on any atom is -0.550 e. The van der Waals surface area contributed by atoms with Crippen molar-refractivity contribution < 1.29 is 19.1 Å². The first-order valence-electron chi connectivity index (χ1n) is 10.4. The van der Waals surface area contributed by atoms with Crippen LogP contribution >= 0.6 is 0 Å². The zero-order chi connectivity index (χ0) is 22.5. The van der Waals surface area contributed by atoms with Gasteiger partial charge in [-0.05, 0) is 55.3 Å². The van der Waals surface area contributed by atoms with Crippen molar-refractivity contribution in [1.29, 1.82) is 0 Å². The maximum Gasteiger partial charge on any atom is 0.226 e. The molecule has 0 spiro atoms. The number of benzene rings is 2. The Morgan fingerprint density at radius 1 is 1.03 bits per heavy atom. The zero-order valence-electron chi connectivity index (χ0n) is 18.0. The number of oxazole rings is 1. The van der Waals surface area contributed by atoms with E-state index in [0.717, 1.165) is 33.8 Å². The Kier molecular flexibility index (Phi) is 6.31. The lowest BCUT2D eigenvalue weighted by atomic mass is 10.1. The van der Waals surface area contributed by atoms with Gasteiger partial charge in [-0.2, -0.15) is 0 Å². The molecule has 6 nitrogen and oxygen atoms in total. The van der Waals surface area contributed by atoms with Crippen molar-refractivity contribution in [1.82, 2.24) is 9.97 Å². The van der Waals surface area contributed by atoms with E-state index in [1.807, 2.05) is 62.4 Å². The van der Waals surface area contributed by atoms with Gasteiger partial charge in [0.15, 0.2) is 0 Å². The molecule has 0 radical (unpaired) electrons. The van der Waals surface area contributed by atoms with Crippen LogP contribution in [0.2, 0.25) is 0 Å². The van der Waals surface area contributed by atoms with E-state index in [9.17, 15) is 9.90 Å². The number of ether oxygens (including phenoxy) is 1. The van der Waals surface area contributed by atoms with E-state index in [1.54, 1.807) is 18.3 Å². The number of nitrogens with zero attached hydrogens (tertiary/aromatic N) is 2. The van der Waals surface area contributed by atoms with E-state index in [4.69, 9.17) is 9.15 Å². The van der Waals surface area contributed by atoms with Crippen LogP contribution in [0.15, 0.2) is 71.3 Å². The van der Waals surface area contributed by atoms with Crippen molar-refractivity contribution in [2.45, 2.75) is 26.7 Å². The second-order valence-electron chi connectivity index (χ2n) is 7.56. The van der Waals surface area contributed by atoms with Crippen molar-refractivity contribution in [2.24, 2.45) is 0 Å². The molecule has 2 heterocycles. The summed E-state index contributed by atoms with van der Waals surface area (Å²) in [6.45, 7) is 4.22. The second-order valence-corrected chi connectivity index (χ2v) is 7.56. The maximum atomic E-state index is 10.8. The molecule has 2 aromatic heterocycles. The third-order valence-corrected chi connectivity index (χ3v) is 5.18. The minimum absolute atomic E-state index is 0.137. The lowest BCUT2D eigenvalue weighted by molar-refractivity contribution is -0.304. The van der Waals surface area contributed by atoms with Gasteiger partial charge in [0.2, 0.25) is 5.89 Å². The lowest BCUT2D eigenvalue weighted by Gasteiger charge is -2.11. The van der Waals surface area contributed by atoms with Crippen molar-refractivity contribution in [2.75, 3.05) is 6.61 Å². The van der Waals surface area contributed by atoms with Crippen LogP contribution < -0.4 is 9.84 Å². The third kappa shape index (κ3) is 5.03. The van der Waals surface area contributed by atoms with Crippen molar-refractivity contribution in [3.05, 3.63) is 89.4 Å². The number of aromatic nitrogens is 2. The van der Waals surface area contributed by atoms with E-state index in [1.165, 1.54) is 0 Å². The Morgan fingerprint density at radius 3 is 2.53 bits per heavy atom. The third-order valence-electron chi connectivity index (χ3n) is 5.18. The summed E-state index contributed by atoms with van der Waals surface area (Å²) in [7, 11) is 0. The predicted molar refractivity (Wildman–Crippen MR) is 119 cm³/mol. The SMILES string of the molecule is Cc1ccc(CC(=O)[O-])cc1OCCc1nc(-c2ccc(-c3ccccn3)cc2)oc1C. The van der Waals surface area contributed by atoms with Crippen LogP contribution in [0.5, 0.6) is 5.75 Å². The minimum atomic E-state index is -1.11. The molecule has 6 heteroatoms. The van der Waals surface area contributed by atoms with Crippen LogP contribution in [0.1, 0.15) is 22.6 Å². The highest BCUT2D eigenvalue weighted by molar-refractivity contribution is 5.68. The van der Waals surface area contributed by atoms with Gasteiger partial charge in [0, 0.05) is 36.1 Å². The number of aryl methyl sites for hydroxylation is 2. The Bertz CT molecular complexity index is 1210. The summed E-state index contributed by atoms with van der Waals surface area (Å²) in [6.07, 6.45) is 2.21. The Balaban J connectivity index is 1.42. The highest BCUT2D eigenvalue weighted by Gasteiger charge is 2.12. The number of carbonyl (C=O) groups excluding carboxylic acids is 1. The molecule has 0 N–H and O–H groups in total. The smallest absolute Gasteiger partial charge is 0.226 e. The summed E-state index contributed by atoms with van der Waals surface area (Å²) >= 11 is 0. The average molecular weight is 427 g/mol. The summed E-state index contributed by atoms with van der Waals surface area (Å²) in [5, 5.41) is 10.8. The normalized spacial score (nSPS) is 10.8. The highest BCUT2D eigenvalue weighted by Crippen LogP contribution is 2.26. The molecule has 0 atom stereocenters. The molecule has 32 heavy (non-hydrogen) atoms. The van der Waals surface area contributed by atoms with Gasteiger partial charge in [0.25, 0.3) is 0 Å². The first kappa shape index (κ1) is 21.3. The number of hydrogen-bond donors (Lipinski definition) is 0. The van der Waals surface area contributed by atoms with Crippen LogP contribution in [0.3, 0.4) is 0 Å². The first-order valence-corrected chi connectivity index (χ1v) is 10.4. The summed E-state index contributed by atoms with van der Waals surface area (Å²) in [4.78, 5) is 19.9. The molecule has 0 bridgehead atoms. The van der Waals surface area contributed by atoms with Gasteiger partial charge >= 0.3 is 0 Å². The highest BCUT2D eigenvalue weighted by atomic mass is 16.5. The molecule has 2 aromatic carbocycles. The van der Waals surface area contributed by atoms with Gasteiger partial charge in [0.1, 0.15) is 11.5 Å².